The molecule has 1 aromatic rings. The van der Waals surface area contributed by atoms with E-state index in [9.17, 15) is 13.2 Å². The Hall–Kier alpha value is -1.62. The number of carbonyl (C=O) groups is 1. The van der Waals surface area contributed by atoms with Crippen LogP contribution >= 0.6 is 11.6 Å². The Morgan fingerprint density at radius 3 is 2.76 bits per heavy atom. The molecule has 8 heteroatoms. The molecule has 1 amide bonds. The molecule has 1 aromatic carbocycles. The second kappa shape index (κ2) is 6.43. The van der Waals surface area contributed by atoms with E-state index in [2.05, 4.69) is 10.0 Å². The van der Waals surface area contributed by atoms with Crippen molar-refractivity contribution in [2.45, 2.75) is 30.2 Å². The van der Waals surface area contributed by atoms with Crippen molar-refractivity contribution < 1.29 is 13.2 Å². The van der Waals surface area contributed by atoms with Crippen LogP contribution in [0.25, 0.3) is 0 Å². The Morgan fingerprint density at radius 2 is 2.14 bits per heavy atom. The van der Waals surface area contributed by atoms with Crippen molar-refractivity contribution in [1.82, 2.24) is 10.0 Å². The van der Waals surface area contributed by atoms with Gasteiger partial charge in [0.1, 0.15) is 4.90 Å². The number of nitriles is 1. The van der Waals surface area contributed by atoms with Gasteiger partial charge in [-0.3, -0.25) is 4.79 Å². The minimum Gasteiger partial charge on any atom is -0.353 e. The molecule has 21 heavy (non-hydrogen) atoms. The van der Waals surface area contributed by atoms with Crippen LogP contribution in [0.15, 0.2) is 23.1 Å². The van der Waals surface area contributed by atoms with E-state index in [0.29, 0.717) is 0 Å². The number of hydrogen-bond acceptors (Lipinski definition) is 4. The molecule has 2 rings (SSSR count). The van der Waals surface area contributed by atoms with E-state index in [1.807, 2.05) is 6.07 Å². The lowest BCUT2D eigenvalue weighted by Gasteiger charge is -2.08. The van der Waals surface area contributed by atoms with E-state index in [0.717, 1.165) is 12.8 Å². The molecule has 6 nitrogen and oxygen atoms in total. The van der Waals surface area contributed by atoms with Gasteiger partial charge in [0, 0.05) is 19.0 Å². The molecule has 1 aliphatic carbocycles. The van der Waals surface area contributed by atoms with Crippen molar-refractivity contribution in [3.63, 3.8) is 0 Å². The molecule has 0 unspecified atom stereocenters. The van der Waals surface area contributed by atoms with Crippen molar-refractivity contribution in [3.8, 4) is 6.07 Å². The zero-order chi connectivity index (χ0) is 15.5. The number of halogens is 1. The molecule has 1 aliphatic rings. The summed E-state index contributed by atoms with van der Waals surface area (Å²) in [5.41, 5.74) is 0.200. The predicted molar refractivity (Wildman–Crippen MR) is 77.1 cm³/mol. The van der Waals surface area contributed by atoms with Crippen LogP contribution in [0.4, 0.5) is 0 Å². The van der Waals surface area contributed by atoms with E-state index in [-0.39, 0.29) is 40.4 Å². The van der Waals surface area contributed by atoms with Crippen molar-refractivity contribution in [2.24, 2.45) is 0 Å². The lowest BCUT2D eigenvalue weighted by molar-refractivity contribution is -0.121. The predicted octanol–water partition coefficient (Wildman–Crippen LogP) is 1.16. The van der Waals surface area contributed by atoms with Gasteiger partial charge in [0.25, 0.3) is 0 Å². The van der Waals surface area contributed by atoms with Crippen LogP contribution in [0.3, 0.4) is 0 Å². The monoisotopic (exact) mass is 327 g/mol. The van der Waals surface area contributed by atoms with Crippen LogP contribution < -0.4 is 10.0 Å². The molecule has 1 fully saturated rings. The van der Waals surface area contributed by atoms with Crippen LogP contribution in [-0.2, 0) is 14.8 Å². The van der Waals surface area contributed by atoms with Crippen molar-refractivity contribution in [1.29, 1.82) is 5.26 Å². The van der Waals surface area contributed by atoms with Gasteiger partial charge in [-0.1, -0.05) is 11.6 Å². The molecule has 0 atom stereocenters. The van der Waals surface area contributed by atoms with Crippen LogP contribution in [0.2, 0.25) is 5.02 Å². The molecule has 2 N–H and O–H groups in total. The molecule has 0 radical (unpaired) electrons. The quantitative estimate of drug-likeness (QED) is 0.819. The summed E-state index contributed by atoms with van der Waals surface area (Å²) < 4.78 is 26.5. The third-order valence-electron chi connectivity index (χ3n) is 2.94. The lowest BCUT2D eigenvalue weighted by atomic mass is 10.2. The van der Waals surface area contributed by atoms with E-state index in [1.165, 1.54) is 18.2 Å². The highest BCUT2D eigenvalue weighted by Crippen LogP contribution is 2.22. The SMILES string of the molecule is N#Cc1ccc(Cl)c(S(=O)(=O)NCCC(=O)NC2CC2)c1. The second-order valence-electron chi connectivity index (χ2n) is 4.75. The standard InChI is InChI=1S/C13H14ClN3O3S/c14-11-4-1-9(8-15)7-12(11)21(19,20)16-6-5-13(18)17-10-2-3-10/h1,4,7,10,16H,2-3,5-6H2,(H,17,18). The summed E-state index contributed by atoms with van der Waals surface area (Å²) in [6.45, 7) is -0.0198. The zero-order valence-corrected chi connectivity index (χ0v) is 12.7. The van der Waals surface area contributed by atoms with Gasteiger partial charge in [0.05, 0.1) is 16.7 Å². The average molecular weight is 328 g/mol. The summed E-state index contributed by atoms with van der Waals surface area (Å²) in [6, 6.07) is 6.09. The Morgan fingerprint density at radius 1 is 1.43 bits per heavy atom. The van der Waals surface area contributed by atoms with Crippen molar-refractivity contribution >= 4 is 27.5 Å². The minimum atomic E-state index is -3.85. The topological polar surface area (TPSA) is 99.1 Å². The van der Waals surface area contributed by atoms with Crippen LogP contribution in [-0.4, -0.2) is 26.9 Å². The van der Waals surface area contributed by atoms with Gasteiger partial charge in [0.15, 0.2) is 0 Å². The summed E-state index contributed by atoms with van der Waals surface area (Å²) in [5, 5.41) is 11.6. The Labute approximate surface area is 128 Å². The highest BCUT2D eigenvalue weighted by atomic mass is 35.5. The first-order valence-corrected chi connectivity index (χ1v) is 8.27. The molecule has 0 spiro atoms. The van der Waals surface area contributed by atoms with Crippen LogP contribution in [0.5, 0.6) is 0 Å². The molecule has 112 valence electrons. The Balaban J connectivity index is 1.97. The maximum atomic E-state index is 12.1. The molecule has 0 heterocycles. The summed E-state index contributed by atoms with van der Waals surface area (Å²) in [7, 11) is -3.85. The van der Waals surface area contributed by atoms with Gasteiger partial charge in [-0.2, -0.15) is 5.26 Å². The van der Waals surface area contributed by atoms with Gasteiger partial charge in [-0.05, 0) is 31.0 Å². The largest absolute Gasteiger partial charge is 0.353 e. The summed E-state index contributed by atoms with van der Waals surface area (Å²) in [6.07, 6.45) is 2.02. The molecule has 0 aromatic heterocycles. The highest BCUT2D eigenvalue weighted by Gasteiger charge is 2.23. The third-order valence-corrected chi connectivity index (χ3v) is 4.88. The molecule has 0 aliphatic heterocycles. The van der Waals surface area contributed by atoms with Gasteiger partial charge in [0.2, 0.25) is 15.9 Å². The minimum absolute atomic E-state index is 0.0198. The first-order chi connectivity index (χ1) is 9.92. The van der Waals surface area contributed by atoms with Gasteiger partial charge in [-0.15, -0.1) is 0 Å². The van der Waals surface area contributed by atoms with E-state index < -0.39 is 10.0 Å². The number of rotatable bonds is 6. The van der Waals surface area contributed by atoms with Crippen molar-refractivity contribution in [3.05, 3.63) is 28.8 Å². The fraction of sp³-hybridized carbons (Fsp3) is 0.385. The number of hydrogen-bond donors (Lipinski definition) is 2. The van der Waals surface area contributed by atoms with E-state index in [1.54, 1.807) is 0 Å². The maximum absolute atomic E-state index is 12.1. The number of nitrogens with zero attached hydrogens (tertiary/aromatic N) is 1. The van der Waals surface area contributed by atoms with E-state index >= 15 is 0 Å². The van der Waals surface area contributed by atoms with E-state index in [4.69, 9.17) is 16.9 Å². The number of amides is 1. The molecule has 0 bridgehead atoms. The van der Waals surface area contributed by atoms with Crippen LogP contribution in [0, 0.1) is 11.3 Å². The number of carbonyl (C=O) groups excluding carboxylic acids is 1. The zero-order valence-electron chi connectivity index (χ0n) is 11.1. The fourth-order valence-corrected chi connectivity index (χ4v) is 3.24. The van der Waals surface area contributed by atoms with Crippen LogP contribution in [0.1, 0.15) is 24.8 Å². The smallest absolute Gasteiger partial charge is 0.242 e. The number of sulfonamides is 1. The summed E-state index contributed by atoms with van der Waals surface area (Å²) >= 11 is 5.85. The van der Waals surface area contributed by atoms with Gasteiger partial charge < -0.3 is 5.32 Å². The maximum Gasteiger partial charge on any atom is 0.242 e. The third kappa shape index (κ3) is 4.43. The Kier molecular flexibility index (Phi) is 4.83. The second-order valence-corrected chi connectivity index (χ2v) is 6.89. The first kappa shape index (κ1) is 15.8. The molecular weight excluding hydrogens is 314 g/mol. The molecule has 1 saturated carbocycles. The van der Waals surface area contributed by atoms with Gasteiger partial charge >= 0.3 is 0 Å². The first-order valence-electron chi connectivity index (χ1n) is 6.41. The lowest BCUT2D eigenvalue weighted by Crippen LogP contribution is -2.31. The fourth-order valence-electron chi connectivity index (χ4n) is 1.68. The number of benzene rings is 1. The van der Waals surface area contributed by atoms with Gasteiger partial charge in [-0.25, -0.2) is 13.1 Å². The Bertz CT molecular complexity index is 693. The average Bonchev–Trinajstić information content (AvgIpc) is 3.22. The molecular formula is C13H14ClN3O3S. The summed E-state index contributed by atoms with van der Waals surface area (Å²) in [4.78, 5) is 11.3. The molecule has 0 saturated heterocycles. The number of nitrogens with one attached hydrogen (secondary N) is 2. The highest BCUT2D eigenvalue weighted by molar-refractivity contribution is 7.89. The summed E-state index contributed by atoms with van der Waals surface area (Å²) in [5.74, 6) is -0.183. The normalized spacial score (nSPS) is 14.5. The van der Waals surface area contributed by atoms with Crippen molar-refractivity contribution in [2.75, 3.05) is 6.54 Å².